The molecule has 134 valence electrons. The minimum Gasteiger partial charge on any atom is -0.481 e. The van der Waals surface area contributed by atoms with Crippen LogP contribution in [0.5, 0.6) is 0 Å². The summed E-state index contributed by atoms with van der Waals surface area (Å²) in [5.74, 6) is -0.802. The monoisotopic (exact) mass is 344 g/mol. The summed E-state index contributed by atoms with van der Waals surface area (Å²) >= 11 is 0. The molecule has 1 aliphatic rings. The number of nitrogens with one attached hydrogen (secondary N) is 1. The van der Waals surface area contributed by atoms with E-state index in [9.17, 15) is 9.59 Å². The van der Waals surface area contributed by atoms with Crippen LogP contribution in [0, 0.1) is 13.8 Å². The largest absolute Gasteiger partial charge is 0.481 e. The fourth-order valence-electron chi connectivity index (χ4n) is 3.27. The number of hydrogen-bond donors (Lipinski definition) is 2. The second-order valence-electron chi connectivity index (χ2n) is 6.71. The van der Waals surface area contributed by atoms with Gasteiger partial charge in [0.2, 0.25) is 0 Å². The zero-order chi connectivity index (χ0) is 18.0. The third-order valence-corrected chi connectivity index (χ3v) is 4.73. The molecule has 0 atom stereocenters. The zero-order valence-corrected chi connectivity index (χ0v) is 14.7. The SMILES string of the molecule is Cc1c[nH]c(CN2CCCn3nc(CCC(=O)O)cc3C2)c(C)c1=O. The first-order valence-corrected chi connectivity index (χ1v) is 8.61. The summed E-state index contributed by atoms with van der Waals surface area (Å²) < 4.78 is 1.99. The molecule has 0 radical (unpaired) electrons. The Morgan fingerprint density at radius 3 is 2.92 bits per heavy atom. The number of carboxylic acids is 1. The molecular weight excluding hydrogens is 320 g/mol. The molecule has 0 aromatic carbocycles. The second kappa shape index (κ2) is 7.23. The smallest absolute Gasteiger partial charge is 0.303 e. The molecule has 1 aliphatic heterocycles. The highest BCUT2D eigenvalue weighted by Gasteiger charge is 2.18. The van der Waals surface area contributed by atoms with Crippen molar-refractivity contribution in [2.45, 2.75) is 52.7 Å². The van der Waals surface area contributed by atoms with Crippen molar-refractivity contribution < 1.29 is 9.90 Å². The molecule has 0 unspecified atom stereocenters. The molecule has 3 heterocycles. The van der Waals surface area contributed by atoms with E-state index in [2.05, 4.69) is 15.0 Å². The van der Waals surface area contributed by atoms with Crippen molar-refractivity contribution in [1.82, 2.24) is 19.7 Å². The summed E-state index contributed by atoms with van der Waals surface area (Å²) in [5.41, 5.74) is 4.50. The van der Waals surface area contributed by atoms with Gasteiger partial charge < -0.3 is 10.1 Å². The van der Waals surface area contributed by atoms with Gasteiger partial charge >= 0.3 is 5.97 Å². The molecule has 0 fully saturated rings. The van der Waals surface area contributed by atoms with E-state index >= 15 is 0 Å². The van der Waals surface area contributed by atoms with Crippen molar-refractivity contribution in [3.63, 3.8) is 0 Å². The number of nitrogens with zero attached hydrogens (tertiary/aromatic N) is 3. The van der Waals surface area contributed by atoms with Crippen LogP contribution >= 0.6 is 0 Å². The molecule has 0 saturated carbocycles. The van der Waals surface area contributed by atoms with Gasteiger partial charge in [0.1, 0.15) is 0 Å². The average Bonchev–Trinajstić information content (AvgIpc) is 2.85. The average molecular weight is 344 g/mol. The summed E-state index contributed by atoms with van der Waals surface area (Å²) in [7, 11) is 0. The first kappa shape index (κ1) is 17.4. The van der Waals surface area contributed by atoms with Crippen molar-refractivity contribution >= 4 is 5.97 Å². The van der Waals surface area contributed by atoms with E-state index in [-0.39, 0.29) is 11.8 Å². The molecule has 2 aromatic heterocycles. The minimum absolute atomic E-state index is 0.101. The van der Waals surface area contributed by atoms with Gasteiger partial charge in [0.25, 0.3) is 0 Å². The first-order chi connectivity index (χ1) is 11.9. The van der Waals surface area contributed by atoms with Crippen LogP contribution in [0.2, 0.25) is 0 Å². The van der Waals surface area contributed by atoms with Crippen LogP contribution in [-0.4, -0.2) is 37.3 Å². The molecule has 2 aromatic rings. The molecule has 25 heavy (non-hydrogen) atoms. The van der Waals surface area contributed by atoms with Crippen molar-refractivity contribution in [3.8, 4) is 0 Å². The molecule has 7 nitrogen and oxygen atoms in total. The lowest BCUT2D eigenvalue weighted by atomic mass is 10.1. The quantitative estimate of drug-likeness (QED) is 0.860. The molecule has 7 heteroatoms. The lowest BCUT2D eigenvalue weighted by Gasteiger charge is -2.20. The molecule has 0 saturated heterocycles. The summed E-state index contributed by atoms with van der Waals surface area (Å²) in [6.07, 6.45) is 3.31. The molecule has 0 bridgehead atoms. The summed E-state index contributed by atoms with van der Waals surface area (Å²) in [5, 5.41) is 13.4. The van der Waals surface area contributed by atoms with E-state index in [1.54, 1.807) is 6.20 Å². The number of aromatic nitrogens is 3. The number of aryl methyl sites for hydroxylation is 3. The highest BCUT2D eigenvalue weighted by molar-refractivity contribution is 5.66. The van der Waals surface area contributed by atoms with Crippen LogP contribution in [0.15, 0.2) is 17.1 Å². The van der Waals surface area contributed by atoms with Gasteiger partial charge in [-0.25, -0.2) is 0 Å². The Morgan fingerprint density at radius 1 is 1.36 bits per heavy atom. The van der Waals surface area contributed by atoms with E-state index in [1.807, 2.05) is 24.6 Å². The van der Waals surface area contributed by atoms with Crippen LogP contribution in [0.4, 0.5) is 0 Å². The Kier molecular flexibility index (Phi) is 5.03. The summed E-state index contributed by atoms with van der Waals surface area (Å²) in [6, 6.07) is 2.01. The predicted octanol–water partition coefficient (Wildman–Crippen LogP) is 1.61. The number of pyridine rings is 1. The second-order valence-corrected chi connectivity index (χ2v) is 6.71. The van der Waals surface area contributed by atoms with Gasteiger partial charge in [-0.3, -0.25) is 19.2 Å². The summed E-state index contributed by atoms with van der Waals surface area (Å²) in [4.78, 5) is 28.4. The maximum atomic E-state index is 12.1. The summed E-state index contributed by atoms with van der Waals surface area (Å²) in [6.45, 7) is 6.89. The Labute approximate surface area is 146 Å². The number of aliphatic carboxylic acids is 1. The lowest BCUT2D eigenvalue weighted by molar-refractivity contribution is -0.136. The number of fused-ring (bicyclic) bond motifs is 1. The Bertz CT molecular complexity index is 837. The number of H-pyrrole nitrogens is 1. The van der Waals surface area contributed by atoms with Crippen LogP contribution < -0.4 is 5.43 Å². The fourth-order valence-corrected chi connectivity index (χ4v) is 3.27. The number of rotatable bonds is 5. The molecule has 0 amide bonds. The van der Waals surface area contributed by atoms with Crippen LogP contribution in [0.1, 0.15) is 41.1 Å². The van der Waals surface area contributed by atoms with Crippen LogP contribution in [0.25, 0.3) is 0 Å². The maximum Gasteiger partial charge on any atom is 0.303 e. The van der Waals surface area contributed by atoms with Crippen LogP contribution in [-0.2, 0) is 30.8 Å². The standard InChI is InChI=1S/C18H24N4O3/c1-12-9-19-16(13(2)18(12)25)11-21-6-3-7-22-15(10-21)8-14(20-22)4-5-17(23)24/h8-9H,3-7,10-11H2,1-2H3,(H,19,25)(H,23,24). The van der Waals surface area contributed by atoms with E-state index in [0.29, 0.717) is 13.0 Å². The predicted molar refractivity (Wildman–Crippen MR) is 93.5 cm³/mol. The first-order valence-electron chi connectivity index (χ1n) is 8.61. The number of hydrogen-bond acceptors (Lipinski definition) is 4. The van der Waals surface area contributed by atoms with Crippen molar-refractivity contribution in [2.75, 3.05) is 6.54 Å². The number of aromatic amines is 1. The number of carboxylic acid groups (broad SMARTS) is 1. The van der Waals surface area contributed by atoms with Gasteiger partial charge in [-0.05, 0) is 26.3 Å². The highest BCUT2D eigenvalue weighted by atomic mass is 16.4. The normalized spacial score (nSPS) is 15.0. The van der Waals surface area contributed by atoms with E-state index < -0.39 is 5.97 Å². The molecular formula is C18H24N4O3. The minimum atomic E-state index is -0.802. The van der Waals surface area contributed by atoms with Crippen molar-refractivity contribution in [1.29, 1.82) is 0 Å². The van der Waals surface area contributed by atoms with Gasteiger partial charge in [-0.1, -0.05) is 0 Å². The third-order valence-electron chi connectivity index (χ3n) is 4.73. The molecule has 0 aliphatic carbocycles. The van der Waals surface area contributed by atoms with E-state index in [4.69, 9.17) is 5.11 Å². The number of carbonyl (C=O) groups is 1. The van der Waals surface area contributed by atoms with E-state index in [0.717, 1.165) is 54.3 Å². The van der Waals surface area contributed by atoms with Gasteiger partial charge in [-0.2, -0.15) is 5.10 Å². The van der Waals surface area contributed by atoms with Gasteiger partial charge in [0, 0.05) is 55.6 Å². The Morgan fingerprint density at radius 2 is 2.16 bits per heavy atom. The highest BCUT2D eigenvalue weighted by Crippen LogP contribution is 2.17. The maximum absolute atomic E-state index is 12.1. The van der Waals surface area contributed by atoms with Crippen LogP contribution in [0.3, 0.4) is 0 Å². The fraction of sp³-hybridized carbons (Fsp3) is 0.500. The van der Waals surface area contributed by atoms with Gasteiger partial charge in [0.05, 0.1) is 17.8 Å². The molecule has 3 rings (SSSR count). The topological polar surface area (TPSA) is 91.2 Å². The Balaban J connectivity index is 1.74. The molecule has 0 spiro atoms. The van der Waals surface area contributed by atoms with E-state index in [1.165, 1.54) is 0 Å². The van der Waals surface area contributed by atoms with Crippen molar-refractivity contribution in [2.24, 2.45) is 0 Å². The third kappa shape index (κ3) is 3.99. The molecule has 2 N–H and O–H groups in total. The lowest BCUT2D eigenvalue weighted by Crippen LogP contribution is -2.25. The Hall–Kier alpha value is -2.41. The van der Waals surface area contributed by atoms with Gasteiger partial charge in [0.15, 0.2) is 5.43 Å². The zero-order valence-electron chi connectivity index (χ0n) is 14.7. The van der Waals surface area contributed by atoms with Crippen molar-refractivity contribution in [3.05, 3.63) is 50.7 Å². The van der Waals surface area contributed by atoms with Gasteiger partial charge in [-0.15, -0.1) is 0 Å².